The van der Waals surface area contributed by atoms with Crippen LogP contribution in [-0.4, -0.2) is 55.2 Å². The van der Waals surface area contributed by atoms with Crippen molar-refractivity contribution >= 4 is 11.6 Å². The third-order valence-corrected chi connectivity index (χ3v) is 5.84. The molecule has 4 rings (SSSR count). The van der Waals surface area contributed by atoms with Crippen LogP contribution in [0.4, 0.5) is 14.5 Å². The highest BCUT2D eigenvalue weighted by atomic mass is 19.1. The van der Waals surface area contributed by atoms with Crippen molar-refractivity contribution in [2.45, 2.75) is 24.7 Å². The van der Waals surface area contributed by atoms with Crippen molar-refractivity contribution in [2.24, 2.45) is 11.8 Å². The molecule has 1 amide bonds. The normalized spacial score (nSPS) is 31.3. The number of nitrogens with zero attached hydrogens (tertiary/aromatic N) is 4. The van der Waals surface area contributed by atoms with Crippen molar-refractivity contribution in [3.8, 4) is 12.1 Å². The van der Waals surface area contributed by atoms with Crippen molar-refractivity contribution in [1.29, 1.82) is 10.5 Å². The summed E-state index contributed by atoms with van der Waals surface area (Å²) in [7, 11) is 0. The number of rotatable bonds is 4. The summed E-state index contributed by atoms with van der Waals surface area (Å²) in [6, 6.07) is 7.98. The number of alkyl halides is 1. The molecule has 1 aliphatic carbocycles. The summed E-state index contributed by atoms with van der Waals surface area (Å²) in [5.74, 6) is 0.0175. The molecular formula is C19H19F2N5O. The van der Waals surface area contributed by atoms with E-state index in [1.54, 1.807) is 6.07 Å². The molecule has 27 heavy (non-hydrogen) atoms. The van der Waals surface area contributed by atoms with Gasteiger partial charge in [-0.1, -0.05) is 0 Å². The lowest BCUT2D eigenvalue weighted by Gasteiger charge is -2.23. The first-order valence-corrected chi connectivity index (χ1v) is 9.03. The van der Waals surface area contributed by atoms with Crippen molar-refractivity contribution < 1.29 is 13.6 Å². The van der Waals surface area contributed by atoms with Crippen LogP contribution in [0.25, 0.3) is 0 Å². The maximum Gasteiger partial charge on any atom is 0.237 e. The van der Waals surface area contributed by atoms with E-state index in [4.69, 9.17) is 10.5 Å². The number of hydrogen-bond donors (Lipinski definition) is 1. The highest BCUT2D eigenvalue weighted by Crippen LogP contribution is 2.46. The summed E-state index contributed by atoms with van der Waals surface area (Å²) in [5.41, 5.74) is 0.797. The summed E-state index contributed by atoms with van der Waals surface area (Å²) in [6.45, 7) is 1.63. The van der Waals surface area contributed by atoms with Crippen molar-refractivity contribution in [3.05, 3.63) is 29.6 Å². The first kappa shape index (κ1) is 17.7. The number of likely N-dealkylation sites (tertiary alicyclic amines) is 1. The molecule has 8 heteroatoms. The van der Waals surface area contributed by atoms with Crippen LogP contribution in [-0.2, 0) is 4.79 Å². The average molecular weight is 371 g/mol. The van der Waals surface area contributed by atoms with Crippen molar-refractivity contribution in [1.82, 2.24) is 10.2 Å². The van der Waals surface area contributed by atoms with E-state index >= 15 is 0 Å². The molecule has 1 aromatic rings. The van der Waals surface area contributed by atoms with Gasteiger partial charge in [-0.2, -0.15) is 10.5 Å². The van der Waals surface area contributed by atoms with Crippen LogP contribution >= 0.6 is 0 Å². The molecule has 1 N–H and O–H groups in total. The van der Waals surface area contributed by atoms with Crippen LogP contribution in [0, 0.1) is 40.3 Å². The Hall–Kier alpha value is -2.71. The van der Waals surface area contributed by atoms with Crippen LogP contribution < -0.4 is 10.2 Å². The molecule has 0 aromatic heterocycles. The molecule has 2 aliphatic heterocycles. The van der Waals surface area contributed by atoms with Gasteiger partial charge in [-0.05, 0) is 30.0 Å². The number of hydrogen-bond acceptors (Lipinski definition) is 5. The fraction of sp³-hybridized carbons (Fsp3) is 0.526. The Balaban J connectivity index is 1.27. The molecule has 0 bridgehead atoms. The smallest absolute Gasteiger partial charge is 0.237 e. The Morgan fingerprint density at radius 3 is 2.63 bits per heavy atom. The summed E-state index contributed by atoms with van der Waals surface area (Å²) in [4.78, 5) is 15.7. The Kier molecular flexibility index (Phi) is 4.45. The standard InChI is InChI=1S/C19H19F2N5O/c20-12-3-14(6-23)26(8-12)18(27)7-24-19-15-9-25(10-16(15)19)13-2-1-11(5-22)17(21)4-13/h1-2,4,12,14-16,19,24H,3,7-10H2/t12-,14-,15-,16+,19?/m0/s1. The minimum Gasteiger partial charge on any atom is -0.371 e. The van der Waals surface area contributed by atoms with Gasteiger partial charge in [0.1, 0.15) is 24.1 Å². The number of nitriles is 2. The molecule has 3 aliphatic rings. The lowest BCUT2D eigenvalue weighted by molar-refractivity contribution is -0.130. The number of carbonyl (C=O) groups excluding carboxylic acids is 1. The fourth-order valence-electron chi connectivity index (χ4n) is 4.32. The second-order valence-electron chi connectivity index (χ2n) is 7.44. The largest absolute Gasteiger partial charge is 0.371 e. The molecule has 0 radical (unpaired) electrons. The third kappa shape index (κ3) is 3.22. The van der Waals surface area contributed by atoms with E-state index in [-0.39, 0.29) is 37.0 Å². The van der Waals surface area contributed by atoms with Gasteiger partial charge in [0.15, 0.2) is 0 Å². The highest BCUT2D eigenvalue weighted by molar-refractivity contribution is 5.79. The molecular weight excluding hydrogens is 352 g/mol. The number of amides is 1. The topological polar surface area (TPSA) is 83.2 Å². The lowest BCUT2D eigenvalue weighted by atomic mass is 10.2. The van der Waals surface area contributed by atoms with E-state index < -0.39 is 18.0 Å². The third-order valence-electron chi connectivity index (χ3n) is 5.84. The maximum atomic E-state index is 13.8. The van der Waals surface area contributed by atoms with Gasteiger partial charge in [0, 0.05) is 31.2 Å². The van der Waals surface area contributed by atoms with Crippen LogP contribution in [0.1, 0.15) is 12.0 Å². The summed E-state index contributed by atoms with van der Waals surface area (Å²) >= 11 is 0. The molecule has 5 atom stereocenters. The predicted molar refractivity (Wildman–Crippen MR) is 92.7 cm³/mol. The Labute approximate surface area is 156 Å². The van der Waals surface area contributed by atoms with Gasteiger partial charge in [0.05, 0.1) is 24.7 Å². The molecule has 140 valence electrons. The molecule has 2 heterocycles. The van der Waals surface area contributed by atoms with Crippen LogP contribution in [0.3, 0.4) is 0 Å². The Bertz CT molecular complexity index is 835. The number of benzene rings is 1. The first-order valence-electron chi connectivity index (χ1n) is 9.03. The molecule has 3 fully saturated rings. The van der Waals surface area contributed by atoms with Crippen LogP contribution in [0.15, 0.2) is 18.2 Å². The van der Waals surface area contributed by atoms with Gasteiger partial charge in [-0.15, -0.1) is 0 Å². The minimum atomic E-state index is -1.12. The number of fused-ring (bicyclic) bond motifs is 1. The van der Waals surface area contributed by atoms with E-state index in [2.05, 4.69) is 10.2 Å². The van der Waals surface area contributed by atoms with E-state index in [0.717, 1.165) is 18.8 Å². The van der Waals surface area contributed by atoms with E-state index in [1.807, 2.05) is 12.1 Å². The SMILES string of the molecule is N#Cc1ccc(N2C[C@@H]3C(NCC(=O)N4C[C@@H](F)C[C@H]4C#N)[C@@H]3C2)cc1F. The van der Waals surface area contributed by atoms with Crippen LogP contribution in [0.5, 0.6) is 0 Å². The highest BCUT2D eigenvalue weighted by Gasteiger charge is 2.55. The van der Waals surface area contributed by atoms with Gasteiger partial charge in [0.25, 0.3) is 0 Å². The maximum absolute atomic E-state index is 13.8. The van der Waals surface area contributed by atoms with Gasteiger partial charge in [-0.25, -0.2) is 8.78 Å². The van der Waals surface area contributed by atoms with Gasteiger partial charge < -0.3 is 15.1 Å². The molecule has 1 unspecified atom stereocenters. The monoisotopic (exact) mass is 371 g/mol. The lowest BCUT2D eigenvalue weighted by Crippen LogP contribution is -2.42. The Morgan fingerprint density at radius 2 is 2.00 bits per heavy atom. The minimum absolute atomic E-state index is 0.00566. The second kappa shape index (κ2) is 6.79. The van der Waals surface area contributed by atoms with Gasteiger partial charge >= 0.3 is 0 Å². The number of carbonyl (C=O) groups is 1. The first-order chi connectivity index (χ1) is 13.0. The molecule has 1 aromatic carbocycles. The van der Waals surface area contributed by atoms with E-state index in [9.17, 15) is 13.6 Å². The molecule has 2 saturated heterocycles. The zero-order chi connectivity index (χ0) is 19.1. The summed E-state index contributed by atoms with van der Waals surface area (Å²) < 4.78 is 27.2. The van der Waals surface area contributed by atoms with Gasteiger partial charge in [-0.3, -0.25) is 4.79 Å². The molecule has 0 spiro atoms. The van der Waals surface area contributed by atoms with E-state index in [0.29, 0.717) is 11.8 Å². The number of piperidine rings is 1. The Morgan fingerprint density at radius 1 is 1.26 bits per heavy atom. The van der Waals surface area contributed by atoms with E-state index in [1.165, 1.54) is 17.0 Å². The number of halogens is 2. The zero-order valence-electron chi connectivity index (χ0n) is 14.6. The van der Waals surface area contributed by atoms with Crippen LogP contribution in [0.2, 0.25) is 0 Å². The summed E-state index contributed by atoms with van der Waals surface area (Å²) in [6.07, 6.45) is -1.03. The predicted octanol–water partition coefficient (Wildman–Crippen LogP) is 1.18. The quantitative estimate of drug-likeness (QED) is 0.860. The van der Waals surface area contributed by atoms with Crippen molar-refractivity contribution in [3.63, 3.8) is 0 Å². The molecule has 1 saturated carbocycles. The average Bonchev–Trinajstić information content (AvgIpc) is 3.00. The van der Waals surface area contributed by atoms with Crippen molar-refractivity contribution in [2.75, 3.05) is 31.1 Å². The number of nitrogens with one attached hydrogen (secondary N) is 1. The molecule has 6 nitrogen and oxygen atoms in total. The summed E-state index contributed by atoms with van der Waals surface area (Å²) in [5, 5.41) is 21.1. The fourth-order valence-corrected chi connectivity index (χ4v) is 4.32. The van der Waals surface area contributed by atoms with Gasteiger partial charge in [0.2, 0.25) is 5.91 Å². The second-order valence-corrected chi connectivity index (χ2v) is 7.44. The number of anilines is 1. The zero-order valence-corrected chi connectivity index (χ0v) is 14.6.